The number of aromatic nitrogens is 3. The monoisotopic (exact) mass is 229 g/mol. The van der Waals surface area contributed by atoms with Crippen LogP contribution in [0.15, 0.2) is 9.95 Å². The maximum Gasteiger partial charge on any atom is 0.343 e. The number of amidine groups is 1. The maximum atomic E-state index is 11.0. The Kier molecular flexibility index (Phi) is 4.41. The third-order valence-corrected chi connectivity index (χ3v) is 3.03. The van der Waals surface area contributed by atoms with E-state index in [0.717, 1.165) is 18.6 Å². The second kappa shape index (κ2) is 5.59. The van der Waals surface area contributed by atoms with Crippen molar-refractivity contribution in [1.82, 2.24) is 14.8 Å². The molecule has 1 rings (SSSR count). The van der Waals surface area contributed by atoms with Gasteiger partial charge in [-0.2, -0.15) is 0 Å². The third-order valence-electron chi connectivity index (χ3n) is 1.91. The van der Waals surface area contributed by atoms with Gasteiger partial charge < -0.3 is 5.73 Å². The lowest BCUT2D eigenvalue weighted by Crippen LogP contribution is -2.13. The van der Waals surface area contributed by atoms with Crippen LogP contribution in [0.25, 0.3) is 0 Å². The average molecular weight is 229 g/mol. The van der Waals surface area contributed by atoms with E-state index in [1.807, 2.05) is 0 Å². The number of nitrogens with zero attached hydrogens (tertiary/aromatic N) is 2. The minimum absolute atomic E-state index is 0.193. The normalized spacial score (nSPS) is 10.5. The summed E-state index contributed by atoms with van der Waals surface area (Å²) in [7, 11) is 1.68. The average Bonchev–Trinajstić information content (AvgIpc) is 2.48. The number of H-pyrrole nitrogens is 1. The van der Waals surface area contributed by atoms with Crippen LogP contribution in [0.1, 0.15) is 19.3 Å². The molecule has 1 aromatic rings. The van der Waals surface area contributed by atoms with E-state index in [1.165, 1.54) is 16.3 Å². The van der Waals surface area contributed by atoms with Crippen molar-refractivity contribution in [3.05, 3.63) is 10.5 Å². The van der Waals surface area contributed by atoms with E-state index < -0.39 is 0 Å². The lowest BCUT2D eigenvalue weighted by Gasteiger charge is -1.99. The van der Waals surface area contributed by atoms with Crippen molar-refractivity contribution in [3.8, 4) is 0 Å². The molecule has 7 heteroatoms. The first-order valence-corrected chi connectivity index (χ1v) is 5.67. The molecule has 0 fully saturated rings. The van der Waals surface area contributed by atoms with Gasteiger partial charge in [0.25, 0.3) is 0 Å². The van der Waals surface area contributed by atoms with E-state index in [0.29, 0.717) is 11.6 Å². The lowest BCUT2D eigenvalue weighted by atomic mass is 10.2. The fourth-order valence-corrected chi connectivity index (χ4v) is 1.96. The second-order valence-corrected chi connectivity index (χ2v) is 4.26. The molecule has 0 spiro atoms. The number of aromatic amines is 1. The number of unbranched alkanes of at least 4 members (excludes halogenated alkanes) is 1. The number of rotatable bonds is 6. The predicted octanol–water partition coefficient (Wildman–Crippen LogP) is 0.307. The van der Waals surface area contributed by atoms with Gasteiger partial charge in [-0.15, -0.1) is 5.10 Å². The Morgan fingerprint density at radius 3 is 2.93 bits per heavy atom. The number of hydrogen-bond acceptors (Lipinski definition) is 4. The smallest absolute Gasteiger partial charge is 0.343 e. The summed E-state index contributed by atoms with van der Waals surface area (Å²) in [5.74, 6) is 1.11. The molecule has 1 heterocycles. The predicted molar refractivity (Wildman–Crippen MR) is 60.3 cm³/mol. The SMILES string of the molecule is Cn1c(SCCCCC(=N)N)n[nH]c1=O. The zero-order valence-corrected chi connectivity index (χ0v) is 9.43. The van der Waals surface area contributed by atoms with Crippen LogP contribution in [0.5, 0.6) is 0 Å². The number of hydrogen-bond donors (Lipinski definition) is 3. The van der Waals surface area contributed by atoms with Crippen molar-refractivity contribution < 1.29 is 0 Å². The highest BCUT2D eigenvalue weighted by Gasteiger charge is 2.03. The van der Waals surface area contributed by atoms with Gasteiger partial charge in [-0.25, -0.2) is 9.89 Å². The van der Waals surface area contributed by atoms with E-state index >= 15 is 0 Å². The minimum atomic E-state index is -0.193. The van der Waals surface area contributed by atoms with Crippen LogP contribution in [-0.2, 0) is 7.05 Å². The van der Waals surface area contributed by atoms with Crippen molar-refractivity contribution in [3.63, 3.8) is 0 Å². The summed E-state index contributed by atoms with van der Waals surface area (Å²) in [6, 6.07) is 0. The Bertz CT molecular complexity index is 383. The molecule has 84 valence electrons. The Morgan fingerprint density at radius 1 is 1.67 bits per heavy atom. The van der Waals surface area contributed by atoms with Crippen molar-refractivity contribution in [1.29, 1.82) is 5.41 Å². The summed E-state index contributed by atoms with van der Waals surface area (Å²) >= 11 is 1.53. The quantitative estimate of drug-likeness (QED) is 0.283. The van der Waals surface area contributed by atoms with Crippen molar-refractivity contribution in [2.45, 2.75) is 24.4 Å². The number of nitrogens with two attached hydrogens (primary N) is 1. The van der Waals surface area contributed by atoms with E-state index in [-0.39, 0.29) is 11.5 Å². The van der Waals surface area contributed by atoms with E-state index in [2.05, 4.69) is 10.2 Å². The van der Waals surface area contributed by atoms with Gasteiger partial charge in [0.2, 0.25) is 0 Å². The van der Waals surface area contributed by atoms with Crippen LogP contribution >= 0.6 is 11.8 Å². The fraction of sp³-hybridized carbons (Fsp3) is 0.625. The van der Waals surface area contributed by atoms with Gasteiger partial charge in [-0.3, -0.25) is 9.98 Å². The fourth-order valence-electron chi connectivity index (χ4n) is 1.04. The van der Waals surface area contributed by atoms with Crippen LogP contribution in [0.2, 0.25) is 0 Å². The molecule has 0 unspecified atom stereocenters. The Morgan fingerprint density at radius 2 is 2.40 bits per heavy atom. The molecule has 6 nitrogen and oxygen atoms in total. The standard InChI is InChI=1S/C8H15N5OS/c1-13-7(14)11-12-8(13)15-5-3-2-4-6(9)10/h2-5H2,1H3,(H3,9,10)(H,11,14). The van der Waals surface area contributed by atoms with Crippen molar-refractivity contribution >= 4 is 17.6 Å². The van der Waals surface area contributed by atoms with Crippen molar-refractivity contribution in [2.75, 3.05) is 5.75 Å². The number of nitrogens with one attached hydrogen (secondary N) is 2. The van der Waals surface area contributed by atoms with Crippen LogP contribution in [-0.4, -0.2) is 26.4 Å². The van der Waals surface area contributed by atoms with Crippen LogP contribution in [0.4, 0.5) is 0 Å². The summed E-state index contributed by atoms with van der Waals surface area (Å²) in [4.78, 5) is 11.0. The Balaban J connectivity index is 2.23. The molecule has 0 bridgehead atoms. The molecule has 1 aromatic heterocycles. The van der Waals surface area contributed by atoms with E-state index in [9.17, 15) is 4.79 Å². The first kappa shape index (κ1) is 11.8. The molecule has 15 heavy (non-hydrogen) atoms. The highest BCUT2D eigenvalue weighted by atomic mass is 32.2. The van der Waals surface area contributed by atoms with Gasteiger partial charge in [0.15, 0.2) is 5.16 Å². The first-order valence-electron chi connectivity index (χ1n) is 4.68. The zero-order chi connectivity index (χ0) is 11.3. The van der Waals surface area contributed by atoms with Gasteiger partial charge in [0.05, 0.1) is 5.84 Å². The number of thioether (sulfide) groups is 1. The summed E-state index contributed by atoms with van der Waals surface area (Å²) in [6.07, 6.45) is 2.51. The lowest BCUT2D eigenvalue weighted by molar-refractivity contribution is 0.762. The zero-order valence-electron chi connectivity index (χ0n) is 8.62. The molecule has 0 aromatic carbocycles. The Hall–Kier alpha value is -1.24. The largest absolute Gasteiger partial charge is 0.388 e. The van der Waals surface area contributed by atoms with E-state index in [4.69, 9.17) is 11.1 Å². The van der Waals surface area contributed by atoms with Crippen LogP contribution < -0.4 is 11.4 Å². The molecular weight excluding hydrogens is 214 g/mol. The summed E-state index contributed by atoms with van der Waals surface area (Å²) in [6.45, 7) is 0. The summed E-state index contributed by atoms with van der Waals surface area (Å²) < 4.78 is 1.48. The summed E-state index contributed by atoms with van der Waals surface area (Å²) in [5.41, 5.74) is 5.03. The van der Waals surface area contributed by atoms with Crippen LogP contribution in [0, 0.1) is 5.41 Å². The summed E-state index contributed by atoms with van der Waals surface area (Å²) in [5, 5.41) is 14.0. The molecule has 0 saturated carbocycles. The third kappa shape index (κ3) is 3.78. The molecule has 0 aliphatic carbocycles. The topological polar surface area (TPSA) is 101 Å². The molecule has 0 aliphatic heterocycles. The van der Waals surface area contributed by atoms with Gasteiger partial charge >= 0.3 is 5.69 Å². The molecule has 0 saturated heterocycles. The van der Waals surface area contributed by atoms with Crippen LogP contribution in [0.3, 0.4) is 0 Å². The highest BCUT2D eigenvalue weighted by molar-refractivity contribution is 7.99. The molecule has 4 N–H and O–H groups in total. The van der Waals surface area contributed by atoms with Crippen molar-refractivity contribution in [2.24, 2.45) is 12.8 Å². The van der Waals surface area contributed by atoms with E-state index in [1.54, 1.807) is 7.05 Å². The minimum Gasteiger partial charge on any atom is -0.388 e. The van der Waals surface area contributed by atoms with Gasteiger partial charge in [0, 0.05) is 19.2 Å². The second-order valence-electron chi connectivity index (χ2n) is 3.20. The van der Waals surface area contributed by atoms with Gasteiger partial charge in [-0.1, -0.05) is 11.8 Å². The molecular formula is C8H15N5OS. The molecule has 0 radical (unpaired) electrons. The maximum absolute atomic E-state index is 11.0. The Labute approximate surface area is 91.8 Å². The van der Waals surface area contributed by atoms with Gasteiger partial charge in [0.1, 0.15) is 0 Å². The molecule has 0 atom stereocenters. The molecule has 0 amide bonds. The highest BCUT2D eigenvalue weighted by Crippen LogP contribution is 2.14. The first-order chi connectivity index (χ1) is 7.11. The molecule has 0 aliphatic rings. The van der Waals surface area contributed by atoms with Gasteiger partial charge in [-0.05, 0) is 12.8 Å².